The Kier molecular flexibility index (Phi) is 15.9. The molecule has 8 nitrogen and oxygen atoms in total. The second-order valence-electron chi connectivity index (χ2n) is 7.09. The lowest BCUT2D eigenvalue weighted by Crippen LogP contribution is -2.28. The van der Waals surface area contributed by atoms with Gasteiger partial charge in [0.2, 0.25) is 0 Å². The van der Waals surface area contributed by atoms with Gasteiger partial charge in [-0.2, -0.15) is 0 Å². The summed E-state index contributed by atoms with van der Waals surface area (Å²) in [7, 11) is 0. The number of Topliss-reactive ketones (excluding diaryl/α,β-unsaturated/α-hetero) is 1. The number of phenolic OH excluding ortho intramolecular Hbond substituents is 1. The molecule has 1 atom stereocenters. The Morgan fingerprint density at radius 2 is 1.71 bits per heavy atom. The van der Waals surface area contributed by atoms with E-state index in [1.165, 1.54) is 0 Å². The van der Waals surface area contributed by atoms with Gasteiger partial charge in [0.25, 0.3) is 0 Å². The Hall–Kier alpha value is -2.45. The maximum absolute atomic E-state index is 11.1. The number of hydrogen-bond donors (Lipinski definition) is 3. The summed E-state index contributed by atoms with van der Waals surface area (Å²) in [6, 6.07) is 5.18. The number of carbonyl (C=O) groups excluding carboxylic acids is 3. The predicted molar refractivity (Wildman–Crippen MR) is 116 cm³/mol. The molecular formula is C23H36O8. The quantitative estimate of drug-likeness (QED) is 0.242. The van der Waals surface area contributed by atoms with E-state index in [1.54, 1.807) is 25.1 Å². The number of carbonyl (C=O) groups is 3. The fourth-order valence-electron chi connectivity index (χ4n) is 2.48. The van der Waals surface area contributed by atoms with E-state index in [0.29, 0.717) is 31.6 Å². The highest BCUT2D eigenvalue weighted by Crippen LogP contribution is 2.27. The Morgan fingerprint density at radius 3 is 2.29 bits per heavy atom. The van der Waals surface area contributed by atoms with E-state index in [2.05, 4.69) is 11.7 Å². The Bertz CT molecular complexity index is 672. The van der Waals surface area contributed by atoms with Crippen LogP contribution in [0.1, 0.15) is 71.3 Å². The fraction of sp³-hybridized carbons (Fsp3) is 0.609. The van der Waals surface area contributed by atoms with Crippen molar-refractivity contribution in [3.63, 3.8) is 0 Å². The molecule has 0 radical (unpaired) electrons. The van der Waals surface area contributed by atoms with Gasteiger partial charge in [0.15, 0.2) is 17.6 Å². The van der Waals surface area contributed by atoms with Crippen LogP contribution >= 0.6 is 0 Å². The summed E-state index contributed by atoms with van der Waals surface area (Å²) < 4.78 is 9.57. The van der Waals surface area contributed by atoms with Crippen molar-refractivity contribution in [2.75, 3.05) is 13.2 Å². The molecule has 0 aliphatic rings. The Balaban J connectivity index is 0.000000581. The Labute approximate surface area is 184 Å². The van der Waals surface area contributed by atoms with Crippen LogP contribution in [0.2, 0.25) is 0 Å². The summed E-state index contributed by atoms with van der Waals surface area (Å²) in [6.07, 6.45) is 4.71. The standard InChI is InChI=1S/C12H16O3.C11H20O5/c1-3-15-12-8-10(5-4-9(2)13)6-7-11(12)14;1-2-3-4-5-6-7-10(14)16-11(15)9(13)8-12/h6-8,14H,3-5H2,1-2H3;9,12-13H,2-8H2,1H3. The zero-order valence-electron chi connectivity index (χ0n) is 18.8. The van der Waals surface area contributed by atoms with E-state index in [9.17, 15) is 19.5 Å². The van der Waals surface area contributed by atoms with Gasteiger partial charge in [-0.15, -0.1) is 0 Å². The molecule has 0 saturated carbocycles. The van der Waals surface area contributed by atoms with E-state index in [-0.39, 0.29) is 18.0 Å². The average molecular weight is 441 g/mol. The van der Waals surface area contributed by atoms with E-state index in [0.717, 1.165) is 31.2 Å². The van der Waals surface area contributed by atoms with Crippen LogP contribution in [-0.4, -0.2) is 52.4 Å². The van der Waals surface area contributed by atoms with Crippen LogP contribution in [0.3, 0.4) is 0 Å². The van der Waals surface area contributed by atoms with Gasteiger partial charge in [0.05, 0.1) is 13.2 Å². The minimum absolute atomic E-state index is 0.142. The number of aromatic hydroxyl groups is 1. The summed E-state index contributed by atoms with van der Waals surface area (Å²) in [5.74, 6) is -0.932. The van der Waals surface area contributed by atoms with Gasteiger partial charge < -0.3 is 29.6 Å². The summed E-state index contributed by atoms with van der Waals surface area (Å²) in [5, 5.41) is 26.7. The van der Waals surface area contributed by atoms with E-state index < -0.39 is 24.6 Å². The molecule has 1 rings (SSSR count). The monoisotopic (exact) mass is 440 g/mol. The first kappa shape index (κ1) is 28.5. The number of aryl methyl sites for hydroxylation is 1. The number of phenols is 1. The van der Waals surface area contributed by atoms with Gasteiger partial charge in [0, 0.05) is 12.8 Å². The summed E-state index contributed by atoms with van der Waals surface area (Å²) in [5.41, 5.74) is 1.01. The fourth-order valence-corrected chi connectivity index (χ4v) is 2.48. The first-order valence-corrected chi connectivity index (χ1v) is 10.7. The maximum Gasteiger partial charge on any atom is 0.345 e. The smallest absolute Gasteiger partial charge is 0.345 e. The zero-order valence-corrected chi connectivity index (χ0v) is 18.8. The minimum Gasteiger partial charge on any atom is -0.504 e. The summed E-state index contributed by atoms with van der Waals surface area (Å²) in [4.78, 5) is 32.8. The highest BCUT2D eigenvalue weighted by atomic mass is 16.6. The molecule has 0 saturated heterocycles. The lowest BCUT2D eigenvalue weighted by Gasteiger charge is -2.07. The normalized spacial score (nSPS) is 11.1. The zero-order chi connectivity index (χ0) is 23.6. The minimum atomic E-state index is -1.62. The van der Waals surface area contributed by atoms with Crippen molar-refractivity contribution in [3.05, 3.63) is 23.8 Å². The lowest BCUT2D eigenvalue weighted by atomic mass is 10.1. The molecular weight excluding hydrogens is 404 g/mol. The number of ether oxygens (including phenoxy) is 2. The van der Waals surface area contributed by atoms with Crippen LogP contribution < -0.4 is 4.74 Å². The number of ketones is 1. The van der Waals surface area contributed by atoms with Crippen molar-refractivity contribution in [3.8, 4) is 11.5 Å². The number of rotatable bonds is 13. The van der Waals surface area contributed by atoms with Crippen molar-refractivity contribution in [1.82, 2.24) is 0 Å². The topological polar surface area (TPSA) is 130 Å². The van der Waals surface area contributed by atoms with Crippen molar-refractivity contribution >= 4 is 17.7 Å². The van der Waals surface area contributed by atoms with E-state index >= 15 is 0 Å². The average Bonchev–Trinajstić information content (AvgIpc) is 2.74. The van der Waals surface area contributed by atoms with Gasteiger partial charge >= 0.3 is 11.9 Å². The third-order valence-electron chi connectivity index (χ3n) is 4.23. The number of esters is 2. The van der Waals surface area contributed by atoms with Gasteiger partial charge in [0.1, 0.15) is 5.78 Å². The molecule has 1 unspecified atom stereocenters. The number of benzene rings is 1. The third kappa shape index (κ3) is 14.2. The van der Waals surface area contributed by atoms with Crippen molar-refractivity contribution in [2.24, 2.45) is 0 Å². The van der Waals surface area contributed by atoms with Gasteiger partial charge in [-0.1, -0.05) is 38.7 Å². The van der Waals surface area contributed by atoms with E-state index in [1.807, 2.05) is 6.92 Å². The molecule has 31 heavy (non-hydrogen) atoms. The van der Waals surface area contributed by atoms with Crippen molar-refractivity contribution in [2.45, 2.75) is 78.2 Å². The molecule has 176 valence electrons. The van der Waals surface area contributed by atoms with E-state index in [4.69, 9.17) is 14.9 Å². The second-order valence-corrected chi connectivity index (χ2v) is 7.09. The summed E-state index contributed by atoms with van der Waals surface area (Å²) >= 11 is 0. The number of hydrogen-bond acceptors (Lipinski definition) is 8. The van der Waals surface area contributed by atoms with Gasteiger partial charge in [-0.25, -0.2) is 4.79 Å². The molecule has 3 N–H and O–H groups in total. The predicted octanol–water partition coefficient (Wildman–Crippen LogP) is 3.08. The molecule has 0 fully saturated rings. The van der Waals surface area contributed by atoms with Crippen molar-refractivity contribution in [1.29, 1.82) is 0 Å². The van der Waals surface area contributed by atoms with Crippen LogP contribution in [0.4, 0.5) is 0 Å². The van der Waals surface area contributed by atoms with Crippen LogP contribution in [0, 0.1) is 0 Å². The van der Waals surface area contributed by atoms with Crippen LogP contribution in [0.15, 0.2) is 18.2 Å². The first-order valence-electron chi connectivity index (χ1n) is 10.7. The second kappa shape index (κ2) is 17.3. The molecule has 1 aromatic carbocycles. The molecule has 8 heteroatoms. The molecule has 0 aliphatic carbocycles. The lowest BCUT2D eigenvalue weighted by molar-refractivity contribution is -0.167. The van der Waals surface area contributed by atoms with Crippen molar-refractivity contribution < 1.29 is 39.2 Å². The molecule has 1 aromatic rings. The number of unbranched alkanes of at least 4 members (excludes halogenated alkanes) is 4. The number of aliphatic hydroxyl groups is 2. The molecule has 0 amide bonds. The van der Waals surface area contributed by atoms with Gasteiger partial charge in [-0.05, 0) is 44.4 Å². The van der Waals surface area contributed by atoms with Crippen LogP contribution in [-0.2, 0) is 25.5 Å². The highest BCUT2D eigenvalue weighted by molar-refractivity contribution is 5.87. The largest absolute Gasteiger partial charge is 0.504 e. The molecule has 0 spiro atoms. The van der Waals surface area contributed by atoms with Crippen LogP contribution in [0.5, 0.6) is 11.5 Å². The first-order chi connectivity index (χ1) is 14.7. The van der Waals surface area contributed by atoms with Gasteiger partial charge in [-0.3, -0.25) is 4.79 Å². The number of aliphatic hydroxyl groups excluding tert-OH is 2. The van der Waals surface area contributed by atoms with Crippen LogP contribution in [0.25, 0.3) is 0 Å². The third-order valence-corrected chi connectivity index (χ3v) is 4.23. The maximum atomic E-state index is 11.1. The highest BCUT2D eigenvalue weighted by Gasteiger charge is 2.18. The summed E-state index contributed by atoms with van der Waals surface area (Å²) in [6.45, 7) is 5.32. The Morgan fingerprint density at radius 1 is 1.03 bits per heavy atom. The molecule has 0 aromatic heterocycles. The molecule has 0 heterocycles. The molecule has 0 bridgehead atoms. The SMILES string of the molecule is CCCCCCCC(=O)OC(=O)C(O)CO.CCOc1cc(CCC(C)=O)ccc1O. The molecule has 0 aliphatic heterocycles.